The Morgan fingerprint density at radius 2 is 1.74 bits per heavy atom. The van der Waals surface area contributed by atoms with Crippen LogP contribution in [0.25, 0.3) is 0 Å². The Bertz CT molecular complexity index is 849. The van der Waals surface area contributed by atoms with Crippen LogP contribution in [0.2, 0.25) is 0 Å². The molecule has 2 aliphatic heterocycles. The SMILES string of the molecule is O=C1CC[C@H](Nc2ccc(C3CCN(CC(=O)OC(=O)C(F)(F)F)CC3)cc2)C(=O)N1. The van der Waals surface area contributed by atoms with Gasteiger partial charge in [0.2, 0.25) is 11.8 Å². The number of esters is 2. The highest BCUT2D eigenvalue weighted by Gasteiger charge is 2.42. The van der Waals surface area contributed by atoms with Crippen molar-refractivity contribution < 1.29 is 37.1 Å². The van der Waals surface area contributed by atoms with E-state index in [1.165, 1.54) is 0 Å². The van der Waals surface area contributed by atoms with E-state index in [9.17, 15) is 32.3 Å². The summed E-state index contributed by atoms with van der Waals surface area (Å²) in [4.78, 5) is 46.9. The van der Waals surface area contributed by atoms with Gasteiger partial charge >= 0.3 is 18.1 Å². The number of amides is 2. The van der Waals surface area contributed by atoms with Gasteiger partial charge in [0.25, 0.3) is 0 Å². The molecule has 3 rings (SSSR count). The van der Waals surface area contributed by atoms with Crippen molar-refractivity contribution in [3.8, 4) is 0 Å². The van der Waals surface area contributed by atoms with Crippen LogP contribution in [0.1, 0.15) is 37.2 Å². The third-order valence-corrected chi connectivity index (χ3v) is 5.34. The van der Waals surface area contributed by atoms with Crippen LogP contribution in [-0.4, -0.2) is 60.5 Å². The van der Waals surface area contributed by atoms with Gasteiger partial charge in [0.05, 0.1) is 6.54 Å². The molecule has 0 saturated carbocycles. The van der Waals surface area contributed by atoms with E-state index >= 15 is 0 Å². The molecule has 0 bridgehead atoms. The molecule has 2 amide bonds. The average molecular weight is 441 g/mol. The first kappa shape index (κ1) is 22.7. The Morgan fingerprint density at radius 1 is 1.10 bits per heavy atom. The summed E-state index contributed by atoms with van der Waals surface area (Å²) in [5.41, 5.74) is 1.83. The Kier molecular flexibility index (Phi) is 6.94. The highest BCUT2D eigenvalue weighted by molar-refractivity contribution is 6.01. The molecule has 0 radical (unpaired) electrons. The van der Waals surface area contributed by atoms with Crippen molar-refractivity contribution >= 4 is 29.4 Å². The van der Waals surface area contributed by atoms with E-state index in [1.54, 1.807) is 4.90 Å². The zero-order chi connectivity index (χ0) is 22.6. The van der Waals surface area contributed by atoms with E-state index in [4.69, 9.17) is 0 Å². The van der Waals surface area contributed by atoms with Crippen LogP contribution in [0.15, 0.2) is 24.3 Å². The Labute approximate surface area is 176 Å². The number of hydrogen-bond acceptors (Lipinski definition) is 7. The maximum Gasteiger partial charge on any atom is 0.491 e. The fourth-order valence-corrected chi connectivity index (χ4v) is 3.68. The Balaban J connectivity index is 1.45. The van der Waals surface area contributed by atoms with E-state index < -0.39 is 24.2 Å². The van der Waals surface area contributed by atoms with Gasteiger partial charge in [0.15, 0.2) is 0 Å². The van der Waals surface area contributed by atoms with E-state index in [-0.39, 0.29) is 30.7 Å². The van der Waals surface area contributed by atoms with Crippen LogP contribution in [0.4, 0.5) is 18.9 Å². The molecule has 1 aromatic rings. The summed E-state index contributed by atoms with van der Waals surface area (Å²) in [5, 5.41) is 5.40. The zero-order valence-electron chi connectivity index (χ0n) is 16.5. The third kappa shape index (κ3) is 6.27. The van der Waals surface area contributed by atoms with Gasteiger partial charge in [-0.1, -0.05) is 12.1 Å². The molecule has 2 N–H and O–H groups in total. The van der Waals surface area contributed by atoms with Crippen LogP contribution in [0.3, 0.4) is 0 Å². The summed E-state index contributed by atoms with van der Waals surface area (Å²) < 4.78 is 40.2. The van der Waals surface area contributed by atoms with E-state index in [2.05, 4.69) is 15.4 Å². The Morgan fingerprint density at radius 3 is 2.32 bits per heavy atom. The van der Waals surface area contributed by atoms with Gasteiger partial charge in [0.1, 0.15) is 6.04 Å². The lowest BCUT2D eigenvalue weighted by molar-refractivity contribution is -0.202. The van der Waals surface area contributed by atoms with Crippen molar-refractivity contribution in [2.24, 2.45) is 0 Å². The van der Waals surface area contributed by atoms with Crippen molar-refractivity contribution in [3.63, 3.8) is 0 Å². The van der Waals surface area contributed by atoms with Gasteiger partial charge in [-0.3, -0.25) is 24.6 Å². The Hall–Kier alpha value is -2.95. The maximum absolute atomic E-state index is 12.1. The molecule has 0 aromatic heterocycles. The lowest BCUT2D eigenvalue weighted by Crippen LogP contribution is -2.47. The highest BCUT2D eigenvalue weighted by Crippen LogP contribution is 2.29. The second-order valence-electron chi connectivity index (χ2n) is 7.58. The molecule has 31 heavy (non-hydrogen) atoms. The number of anilines is 1. The van der Waals surface area contributed by atoms with Crippen molar-refractivity contribution in [2.75, 3.05) is 25.0 Å². The normalized spacial score (nSPS) is 20.8. The number of nitrogens with zero attached hydrogens (tertiary/aromatic N) is 1. The number of carbonyl (C=O) groups is 4. The molecular formula is C20H22F3N3O5. The third-order valence-electron chi connectivity index (χ3n) is 5.34. The topological polar surface area (TPSA) is 105 Å². The number of ether oxygens (including phenoxy) is 1. The van der Waals surface area contributed by atoms with Gasteiger partial charge in [-0.15, -0.1) is 0 Å². The monoisotopic (exact) mass is 441 g/mol. The van der Waals surface area contributed by atoms with Gasteiger partial charge in [0, 0.05) is 12.1 Å². The first-order chi connectivity index (χ1) is 14.6. The van der Waals surface area contributed by atoms with E-state index in [1.807, 2.05) is 24.3 Å². The fraction of sp³-hybridized carbons (Fsp3) is 0.500. The number of rotatable bonds is 5. The number of hydrogen-bond donors (Lipinski definition) is 2. The minimum Gasteiger partial charge on any atom is -0.385 e. The summed E-state index contributed by atoms with van der Waals surface area (Å²) in [6.07, 6.45) is -3.08. The van der Waals surface area contributed by atoms with Gasteiger partial charge in [-0.2, -0.15) is 13.2 Å². The molecule has 2 saturated heterocycles. The molecule has 1 aromatic carbocycles. The number of likely N-dealkylation sites (tertiary alicyclic amines) is 1. The molecule has 0 aliphatic carbocycles. The lowest BCUT2D eigenvalue weighted by atomic mass is 9.89. The number of benzene rings is 1. The van der Waals surface area contributed by atoms with Crippen LogP contribution in [0.5, 0.6) is 0 Å². The van der Waals surface area contributed by atoms with Crippen LogP contribution >= 0.6 is 0 Å². The number of imide groups is 1. The number of nitrogens with one attached hydrogen (secondary N) is 2. The van der Waals surface area contributed by atoms with Crippen molar-refractivity contribution in [1.82, 2.24) is 10.2 Å². The largest absolute Gasteiger partial charge is 0.491 e. The summed E-state index contributed by atoms with van der Waals surface area (Å²) in [6.45, 7) is 0.593. The molecular weight excluding hydrogens is 419 g/mol. The zero-order valence-corrected chi connectivity index (χ0v) is 16.5. The van der Waals surface area contributed by atoms with Crippen molar-refractivity contribution in [3.05, 3.63) is 29.8 Å². The van der Waals surface area contributed by atoms with Crippen LogP contribution in [0, 0.1) is 0 Å². The minimum absolute atomic E-state index is 0.216. The molecule has 0 spiro atoms. The summed E-state index contributed by atoms with van der Waals surface area (Å²) in [5.74, 6) is -4.12. The maximum atomic E-state index is 12.1. The molecule has 2 heterocycles. The molecule has 1 atom stereocenters. The smallest absolute Gasteiger partial charge is 0.385 e. The number of piperidine rings is 2. The quantitative estimate of drug-likeness (QED) is 0.407. The highest BCUT2D eigenvalue weighted by atomic mass is 19.4. The molecule has 0 unspecified atom stereocenters. The number of halogens is 3. The molecule has 8 nitrogen and oxygen atoms in total. The minimum atomic E-state index is -5.19. The standard InChI is InChI=1S/C20H22F3N3O5/c21-20(22,23)19(30)31-17(28)11-26-9-7-13(8-10-26)12-1-3-14(4-2-12)24-15-5-6-16(27)25-18(15)29/h1-4,13,15,24H,5-11H2,(H,25,27,29)/t15-/m0/s1. The molecule has 168 valence electrons. The number of carbonyl (C=O) groups excluding carboxylic acids is 4. The average Bonchev–Trinajstić information content (AvgIpc) is 2.70. The van der Waals surface area contributed by atoms with Crippen LogP contribution in [-0.2, 0) is 23.9 Å². The number of alkyl halides is 3. The molecule has 11 heteroatoms. The molecule has 2 aliphatic rings. The van der Waals surface area contributed by atoms with Crippen molar-refractivity contribution in [2.45, 2.75) is 43.8 Å². The lowest BCUT2D eigenvalue weighted by Gasteiger charge is -2.31. The second-order valence-corrected chi connectivity index (χ2v) is 7.58. The first-order valence-electron chi connectivity index (χ1n) is 9.86. The van der Waals surface area contributed by atoms with Crippen LogP contribution < -0.4 is 10.6 Å². The summed E-state index contributed by atoms with van der Waals surface area (Å²) >= 11 is 0. The summed E-state index contributed by atoms with van der Waals surface area (Å²) in [6, 6.07) is 7.11. The fourth-order valence-electron chi connectivity index (χ4n) is 3.68. The first-order valence-corrected chi connectivity index (χ1v) is 9.86. The van der Waals surface area contributed by atoms with Gasteiger partial charge in [-0.25, -0.2) is 4.79 Å². The van der Waals surface area contributed by atoms with E-state index in [0.717, 1.165) is 11.3 Å². The molecule has 2 fully saturated rings. The van der Waals surface area contributed by atoms with Gasteiger partial charge < -0.3 is 10.1 Å². The summed E-state index contributed by atoms with van der Waals surface area (Å²) in [7, 11) is 0. The second kappa shape index (κ2) is 9.46. The predicted molar refractivity (Wildman–Crippen MR) is 102 cm³/mol. The predicted octanol–water partition coefficient (Wildman–Crippen LogP) is 1.72. The van der Waals surface area contributed by atoms with Gasteiger partial charge in [-0.05, 0) is 56.0 Å². The van der Waals surface area contributed by atoms with Crippen molar-refractivity contribution in [1.29, 1.82) is 0 Å². The van der Waals surface area contributed by atoms with E-state index in [0.29, 0.717) is 32.4 Å².